The zero-order valence-corrected chi connectivity index (χ0v) is 10.4. The van der Waals surface area contributed by atoms with E-state index in [1.807, 2.05) is 0 Å². The average Bonchev–Trinajstić information content (AvgIpc) is 2.89. The van der Waals surface area contributed by atoms with Gasteiger partial charge in [-0.1, -0.05) is 12.1 Å². The zero-order valence-electron chi connectivity index (χ0n) is 10.4. The summed E-state index contributed by atoms with van der Waals surface area (Å²) in [6.45, 7) is 1.16. The average molecular weight is 265 g/mol. The lowest BCUT2D eigenvalue weighted by Crippen LogP contribution is -2.46. The van der Waals surface area contributed by atoms with E-state index in [-0.39, 0.29) is 18.2 Å². The van der Waals surface area contributed by atoms with Gasteiger partial charge in [0.05, 0.1) is 12.1 Å². The number of hydrogen-bond acceptors (Lipinski definition) is 3. The molecule has 19 heavy (non-hydrogen) atoms. The molecule has 102 valence electrons. The summed E-state index contributed by atoms with van der Waals surface area (Å²) in [6, 6.07) is 5.61. The first-order valence-corrected chi connectivity index (χ1v) is 6.14. The van der Waals surface area contributed by atoms with E-state index in [0.717, 1.165) is 13.0 Å². The van der Waals surface area contributed by atoms with E-state index >= 15 is 0 Å². The van der Waals surface area contributed by atoms with Gasteiger partial charge in [-0.05, 0) is 25.1 Å². The van der Waals surface area contributed by atoms with E-state index in [0.29, 0.717) is 6.54 Å². The third-order valence-electron chi connectivity index (χ3n) is 3.17. The normalized spacial score (nSPS) is 18.3. The number of halogens is 1. The van der Waals surface area contributed by atoms with Crippen LogP contribution >= 0.6 is 0 Å². The summed E-state index contributed by atoms with van der Waals surface area (Å²) in [4.78, 5) is 24.8. The number of carbonyl (C=O) groups excluding carboxylic acids is 2. The van der Waals surface area contributed by atoms with Crippen LogP contribution in [0, 0.1) is 5.82 Å². The molecule has 1 aromatic carbocycles. The van der Waals surface area contributed by atoms with Crippen LogP contribution in [0.3, 0.4) is 0 Å². The molecule has 1 heterocycles. The molecule has 1 unspecified atom stereocenters. The van der Waals surface area contributed by atoms with Crippen molar-refractivity contribution in [2.45, 2.75) is 12.5 Å². The molecule has 0 saturated carbocycles. The van der Waals surface area contributed by atoms with Crippen LogP contribution in [-0.2, 0) is 4.79 Å². The Morgan fingerprint density at radius 1 is 1.42 bits per heavy atom. The maximum Gasteiger partial charge on any atom is 0.257 e. The van der Waals surface area contributed by atoms with E-state index in [4.69, 9.17) is 5.73 Å². The third kappa shape index (κ3) is 3.08. The van der Waals surface area contributed by atoms with Gasteiger partial charge >= 0.3 is 0 Å². The van der Waals surface area contributed by atoms with Crippen LogP contribution in [-0.4, -0.2) is 42.4 Å². The number of nitrogens with zero attached hydrogens (tertiary/aromatic N) is 1. The summed E-state index contributed by atoms with van der Waals surface area (Å²) in [5.41, 5.74) is 5.14. The van der Waals surface area contributed by atoms with Gasteiger partial charge in [0.2, 0.25) is 5.91 Å². The lowest BCUT2D eigenvalue weighted by molar-refractivity contribution is -0.119. The van der Waals surface area contributed by atoms with Crippen LogP contribution in [0.15, 0.2) is 24.3 Å². The SMILES string of the molecule is NC(=O)CN(C(=O)c1ccccc1F)C1CCNC1. The molecule has 2 amide bonds. The Morgan fingerprint density at radius 3 is 2.74 bits per heavy atom. The molecular formula is C13H16FN3O2. The number of rotatable bonds is 4. The van der Waals surface area contributed by atoms with Gasteiger partial charge in [0.1, 0.15) is 5.82 Å². The van der Waals surface area contributed by atoms with Crippen molar-refractivity contribution in [1.29, 1.82) is 0 Å². The van der Waals surface area contributed by atoms with Crippen LogP contribution in [0.4, 0.5) is 4.39 Å². The molecule has 1 aliphatic heterocycles. The van der Waals surface area contributed by atoms with Gasteiger partial charge in [-0.2, -0.15) is 0 Å². The highest BCUT2D eigenvalue weighted by Gasteiger charge is 2.29. The second-order valence-corrected chi connectivity index (χ2v) is 4.53. The zero-order chi connectivity index (χ0) is 13.8. The number of primary amides is 1. The number of benzene rings is 1. The monoisotopic (exact) mass is 265 g/mol. The molecule has 6 heteroatoms. The van der Waals surface area contributed by atoms with Gasteiger partial charge in [-0.3, -0.25) is 9.59 Å². The summed E-state index contributed by atoms with van der Waals surface area (Å²) in [5.74, 6) is -1.69. The number of carbonyl (C=O) groups is 2. The Hall–Kier alpha value is -1.95. The van der Waals surface area contributed by atoms with Gasteiger partial charge in [-0.25, -0.2) is 4.39 Å². The number of hydrogen-bond donors (Lipinski definition) is 2. The van der Waals surface area contributed by atoms with Crippen LogP contribution in [0.5, 0.6) is 0 Å². The van der Waals surface area contributed by atoms with E-state index in [9.17, 15) is 14.0 Å². The molecular weight excluding hydrogens is 249 g/mol. The Kier molecular flexibility index (Phi) is 4.11. The highest BCUT2D eigenvalue weighted by atomic mass is 19.1. The molecule has 0 aliphatic carbocycles. The van der Waals surface area contributed by atoms with Gasteiger partial charge in [0.15, 0.2) is 0 Å². The maximum absolute atomic E-state index is 13.6. The topological polar surface area (TPSA) is 75.4 Å². The van der Waals surface area contributed by atoms with Crippen molar-refractivity contribution < 1.29 is 14.0 Å². The fourth-order valence-corrected chi connectivity index (χ4v) is 2.23. The largest absolute Gasteiger partial charge is 0.368 e. The van der Waals surface area contributed by atoms with Crippen LogP contribution in [0.2, 0.25) is 0 Å². The lowest BCUT2D eigenvalue weighted by atomic mass is 10.1. The summed E-state index contributed by atoms with van der Waals surface area (Å²) >= 11 is 0. The standard InChI is InChI=1S/C13H16FN3O2/c14-11-4-2-1-3-10(11)13(19)17(8-12(15)18)9-5-6-16-7-9/h1-4,9,16H,5-8H2,(H2,15,18). The number of nitrogens with two attached hydrogens (primary N) is 1. The molecule has 1 atom stereocenters. The smallest absolute Gasteiger partial charge is 0.257 e. The third-order valence-corrected chi connectivity index (χ3v) is 3.17. The Morgan fingerprint density at radius 2 is 2.16 bits per heavy atom. The minimum Gasteiger partial charge on any atom is -0.368 e. The summed E-state index contributed by atoms with van der Waals surface area (Å²) in [7, 11) is 0. The Balaban J connectivity index is 2.24. The lowest BCUT2D eigenvalue weighted by Gasteiger charge is -2.27. The molecule has 0 radical (unpaired) electrons. The molecule has 0 aromatic heterocycles. The van der Waals surface area contributed by atoms with Crippen molar-refractivity contribution in [3.8, 4) is 0 Å². The Labute approximate surface area is 110 Å². The summed E-state index contributed by atoms with van der Waals surface area (Å²) < 4.78 is 13.6. The predicted molar refractivity (Wildman–Crippen MR) is 67.9 cm³/mol. The molecule has 3 N–H and O–H groups in total. The van der Waals surface area contributed by atoms with E-state index in [1.165, 1.54) is 23.1 Å². The van der Waals surface area contributed by atoms with Crippen molar-refractivity contribution in [3.05, 3.63) is 35.6 Å². The van der Waals surface area contributed by atoms with Crippen LogP contribution in [0.25, 0.3) is 0 Å². The van der Waals surface area contributed by atoms with Crippen LogP contribution < -0.4 is 11.1 Å². The highest BCUT2D eigenvalue weighted by Crippen LogP contribution is 2.15. The minimum atomic E-state index is -0.600. The number of nitrogens with one attached hydrogen (secondary N) is 1. The fourth-order valence-electron chi connectivity index (χ4n) is 2.23. The maximum atomic E-state index is 13.6. The summed E-state index contributed by atoms with van der Waals surface area (Å²) in [6.07, 6.45) is 0.730. The fraction of sp³-hybridized carbons (Fsp3) is 0.385. The molecule has 0 spiro atoms. The van der Waals surface area contributed by atoms with Crippen molar-refractivity contribution in [1.82, 2.24) is 10.2 Å². The first-order chi connectivity index (χ1) is 9.09. The van der Waals surface area contributed by atoms with Gasteiger partial charge in [-0.15, -0.1) is 0 Å². The molecule has 1 saturated heterocycles. The second-order valence-electron chi connectivity index (χ2n) is 4.53. The van der Waals surface area contributed by atoms with Crippen LogP contribution in [0.1, 0.15) is 16.8 Å². The second kappa shape index (κ2) is 5.79. The van der Waals surface area contributed by atoms with Crippen molar-refractivity contribution >= 4 is 11.8 Å². The minimum absolute atomic E-state index is 0.0318. The predicted octanol–water partition coefficient (Wildman–Crippen LogP) is 0.115. The van der Waals surface area contributed by atoms with Crippen molar-refractivity contribution in [2.24, 2.45) is 5.73 Å². The van der Waals surface area contributed by atoms with Crippen molar-refractivity contribution in [3.63, 3.8) is 0 Å². The molecule has 0 bridgehead atoms. The van der Waals surface area contributed by atoms with Gasteiger partial charge in [0.25, 0.3) is 5.91 Å². The molecule has 5 nitrogen and oxygen atoms in total. The molecule has 1 aromatic rings. The van der Waals surface area contributed by atoms with E-state index in [1.54, 1.807) is 6.07 Å². The molecule has 1 fully saturated rings. The summed E-state index contributed by atoms with van der Waals surface area (Å²) in [5, 5.41) is 3.11. The number of amides is 2. The van der Waals surface area contributed by atoms with Crippen molar-refractivity contribution in [2.75, 3.05) is 19.6 Å². The van der Waals surface area contributed by atoms with Gasteiger partial charge in [0, 0.05) is 12.6 Å². The first kappa shape index (κ1) is 13.5. The van der Waals surface area contributed by atoms with E-state index < -0.39 is 17.6 Å². The van der Waals surface area contributed by atoms with E-state index in [2.05, 4.69) is 5.32 Å². The molecule has 1 aliphatic rings. The quantitative estimate of drug-likeness (QED) is 0.811. The first-order valence-electron chi connectivity index (χ1n) is 6.14. The molecule has 2 rings (SSSR count). The highest BCUT2D eigenvalue weighted by molar-refractivity contribution is 5.96. The Bertz CT molecular complexity index is 487. The van der Waals surface area contributed by atoms with Gasteiger partial charge < -0.3 is 16.0 Å².